The highest BCUT2D eigenvalue weighted by Gasteiger charge is 2.33. The Bertz CT molecular complexity index is 354. The fourth-order valence-electron chi connectivity index (χ4n) is 1.36. The number of fused-ring (bicyclic) bond motifs is 1. The number of benzene rings is 1. The Kier molecular flexibility index (Phi) is 3.26. The molecular weight excluding hydrogens is 207 g/mol. The molecular formula is C11H13BO2S. The maximum absolute atomic E-state index is 5.66. The molecule has 0 atom stereocenters. The summed E-state index contributed by atoms with van der Waals surface area (Å²) in [5, 5.41) is 2.09. The summed E-state index contributed by atoms with van der Waals surface area (Å²) in [6.07, 6.45) is 0. The first-order chi connectivity index (χ1) is 7.31. The fraction of sp³-hybridized carbons (Fsp3) is 0.273. The molecule has 0 bridgehead atoms. The van der Waals surface area contributed by atoms with E-state index in [9.17, 15) is 0 Å². The minimum Gasteiger partial charge on any atom is -0.519 e. The van der Waals surface area contributed by atoms with Crippen LogP contribution < -0.4 is 9.31 Å². The molecule has 78 valence electrons. The molecule has 0 N–H and O–H groups in total. The summed E-state index contributed by atoms with van der Waals surface area (Å²) >= 11 is 1.76. The maximum atomic E-state index is 5.66. The van der Waals surface area contributed by atoms with E-state index in [-0.39, 0.29) is 7.12 Å². The lowest BCUT2D eigenvalue weighted by Crippen LogP contribution is -2.26. The van der Waals surface area contributed by atoms with E-state index >= 15 is 0 Å². The highest BCUT2D eigenvalue weighted by atomic mass is 32.2. The lowest BCUT2D eigenvalue weighted by Gasteiger charge is -2.03. The molecule has 0 aromatic heterocycles. The van der Waals surface area contributed by atoms with Crippen LogP contribution in [0.5, 0.6) is 11.5 Å². The normalized spacial score (nSPS) is 14.5. The van der Waals surface area contributed by atoms with Crippen molar-refractivity contribution in [3.63, 3.8) is 0 Å². The lowest BCUT2D eigenvalue weighted by molar-refractivity contribution is 0.511. The van der Waals surface area contributed by atoms with Crippen molar-refractivity contribution in [3.8, 4) is 11.5 Å². The third kappa shape index (κ3) is 2.32. The van der Waals surface area contributed by atoms with Crippen LogP contribution in [0.3, 0.4) is 0 Å². The number of rotatable bonds is 3. The molecule has 0 unspecified atom stereocenters. The first kappa shape index (κ1) is 10.5. The Labute approximate surface area is 94.8 Å². The quantitative estimate of drug-likeness (QED) is 0.729. The molecule has 1 aromatic rings. The van der Waals surface area contributed by atoms with Crippen molar-refractivity contribution in [3.05, 3.63) is 35.1 Å². The number of allylic oxidation sites excluding steroid dienone is 1. The van der Waals surface area contributed by atoms with Crippen molar-refractivity contribution >= 4 is 18.9 Å². The van der Waals surface area contributed by atoms with Crippen molar-refractivity contribution < 1.29 is 9.31 Å². The van der Waals surface area contributed by atoms with Crippen molar-refractivity contribution in [2.45, 2.75) is 13.8 Å². The van der Waals surface area contributed by atoms with E-state index in [0.717, 1.165) is 22.7 Å². The van der Waals surface area contributed by atoms with Crippen LogP contribution in [0.4, 0.5) is 0 Å². The van der Waals surface area contributed by atoms with Gasteiger partial charge in [-0.3, -0.25) is 0 Å². The summed E-state index contributed by atoms with van der Waals surface area (Å²) in [6, 6.07) is 7.75. The van der Waals surface area contributed by atoms with Crippen LogP contribution in [0.2, 0.25) is 0 Å². The average molecular weight is 220 g/mol. The fourth-order valence-corrected chi connectivity index (χ4v) is 1.90. The van der Waals surface area contributed by atoms with Crippen LogP contribution in [0.1, 0.15) is 13.8 Å². The zero-order valence-electron chi connectivity index (χ0n) is 8.90. The minimum absolute atomic E-state index is 0.249. The van der Waals surface area contributed by atoms with Crippen molar-refractivity contribution in [1.82, 2.24) is 0 Å². The summed E-state index contributed by atoms with van der Waals surface area (Å²) in [4.78, 5) is 0. The highest BCUT2D eigenvalue weighted by molar-refractivity contribution is 8.02. The van der Waals surface area contributed by atoms with Crippen LogP contribution in [0.15, 0.2) is 35.1 Å². The maximum Gasteiger partial charge on any atom is 0.628 e. The van der Waals surface area contributed by atoms with Crippen LogP contribution in [0.25, 0.3) is 0 Å². The predicted octanol–water partition coefficient (Wildman–Crippen LogP) is 3.14. The SMILES string of the molecule is CCS/C=C(\C)B1Oc2ccccc2O1. The van der Waals surface area contributed by atoms with Gasteiger partial charge in [0.15, 0.2) is 0 Å². The van der Waals surface area contributed by atoms with Gasteiger partial charge < -0.3 is 9.31 Å². The average Bonchev–Trinajstić information content (AvgIpc) is 2.69. The van der Waals surface area contributed by atoms with Gasteiger partial charge >= 0.3 is 7.12 Å². The molecule has 0 spiro atoms. The summed E-state index contributed by atoms with van der Waals surface area (Å²) in [5.41, 5.74) is 1.11. The Morgan fingerprint density at radius 3 is 2.47 bits per heavy atom. The van der Waals surface area contributed by atoms with Gasteiger partial charge in [0.1, 0.15) is 11.5 Å². The summed E-state index contributed by atoms with van der Waals surface area (Å²) < 4.78 is 11.3. The molecule has 0 saturated carbocycles. The Hall–Kier alpha value is -1.03. The zero-order chi connectivity index (χ0) is 10.7. The molecule has 0 fully saturated rings. The van der Waals surface area contributed by atoms with E-state index in [1.165, 1.54) is 0 Å². The molecule has 1 aliphatic heterocycles. The van der Waals surface area contributed by atoms with Gasteiger partial charge in [-0.2, -0.15) is 0 Å². The molecule has 1 heterocycles. The number of para-hydroxylation sites is 2. The third-order valence-electron chi connectivity index (χ3n) is 2.12. The molecule has 4 heteroatoms. The molecule has 0 amide bonds. The molecule has 0 saturated heterocycles. The van der Waals surface area contributed by atoms with E-state index in [2.05, 4.69) is 12.3 Å². The van der Waals surface area contributed by atoms with Crippen molar-refractivity contribution in [2.75, 3.05) is 5.75 Å². The Morgan fingerprint density at radius 2 is 1.93 bits per heavy atom. The van der Waals surface area contributed by atoms with Gasteiger partial charge in [-0.05, 0) is 35.7 Å². The smallest absolute Gasteiger partial charge is 0.519 e. The number of hydrogen-bond donors (Lipinski definition) is 0. The Balaban J connectivity index is 2.07. The van der Waals surface area contributed by atoms with Gasteiger partial charge in [0, 0.05) is 0 Å². The van der Waals surface area contributed by atoms with E-state index in [4.69, 9.17) is 9.31 Å². The van der Waals surface area contributed by atoms with Gasteiger partial charge in [0.2, 0.25) is 0 Å². The van der Waals surface area contributed by atoms with Gasteiger partial charge in [0.25, 0.3) is 0 Å². The first-order valence-corrected chi connectivity index (χ1v) is 6.06. The summed E-state index contributed by atoms with van der Waals surface area (Å²) in [7, 11) is -0.249. The van der Waals surface area contributed by atoms with Crippen LogP contribution in [-0.2, 0) is 0 Å². The van der Waals surface area contributed by atoms with Crippen LogP contribution >= 0.6 is 11.8 Å². The van der Waals surface area contributed by atoms with E-state index in [1.54, 1.807) is 11.8 Å². The van der Waals surface area contributed by atoms with Gasteiger partial charge in [-0.15, -0.1) is 11.8 Å². The molecule has 0 aliphatic carbocycles. The number of thioether (sulfide) groups is 1. The standard InChI is InChI=1S/C11H13BO2S/c1-3-15-8-9(2)12-13-10-6-4-5-7-11(10)14-12/h4-8H,3H2,1-2H3/b9-8+. The zero-order valence-corrected chi connectivity index (χ0v) is 9.71. The molecule has 15 heavy (non-hydrogen) atoms. The molecule has 1 aromatic carbocycles. The van der Waals surface area contributed by atoms with Crippen LogP contribution in [0, 0.1) is 0 Å². The number of hydrogen-bond acceptors (Lipinski definition) is 3. The minimum atomic E-state index is -0.249. The molecule has 1 aliphatic rings. The largest absolute Gasteiger partial charge is 0.628 e. The molecule has 0 radical (unpaired) electrons. The second-order valence-electron chi connectivity index (χ2n) is 3.33. The van der Waals surface area contributed by atoms with Crippen molar-refractivity contribution in [2.24, 2.45) is 0 Å². The molecule has 2 rings (SSSR count). The van der Waals surface area contributed by atoms with Crippen LogP contribution in [-0.4, -0.2) is 12.9 Å². The van der Waals surface area contributed by atoms with Crippen molar-refractivity contribution in [1.29, 1.82) is 0 Å². The Morgan fingerprint density at radius 1 is 1.33 bits per heavy atom. The monoisotopic (exact) mass is 220 g/mol. The first-order valence-electron chi connectivity index (χ1n) is 5.02. The van der Waals surface area contributed by atoms with E-state index in [1.807, 2.05) is 31.2 Å². The van der Waals surface area contributed by atoms with Gasteiger partial charge in [-0.1, -0.05) is 19.1 Å². The lowest BCUT2D eigenvalue weighted by atomic mass is 9.81. The highest BCUT2D eigenvalue weighted by Crippen LogP contribution is 2.34. The van der Waals surface area contributed by atoms with E-state index < -0.39 is 0 Å². The molecule has 2 nitrogen and oxygen atoms in total. The topological polar surface area (TPSA) is 18.5 Å². The second kappa shape index (κ2) is 4.66. The van der Waals surface area contributed by atoms with E-state index in [0.29, 0.717) is 0 Å². The van der Waals surface area contributed by atoms with Gasteiger partial charge in [-0.25, -0.2) is 0 Å². The summed E-state index contributed by atoms with van der Waals surface area (Å²) in [5.74, 6) is 2.73. The second-order valence-corrected chi connectivity index (χ2v) is 4.48. The summed E-state index contributed by atoms with van der Waals surface area (Å²) in [6.45, 7) is 4.15. The van der Waals surface area contributed by atoms with Gasteiger partial charge in [0.05, 0.1) is 0 Å². The predicted molar refractivity (Wildman–Crippen MR) is 65.3 cm³/mol. The third-order valence-corrected chi connectivity index (χ3v) is 3.00.